The molecule has 0 atom stereocenters. The minimum absolute atomic E-state index is 0. The molecule has 0 saturated carbocycles. The summed E-state index contributed by atoms with van der Waals surface area (Å²) in [7, 11) is 0. The Balaban J connectivity index is 0.00000499. The van der Waals surface area contributed by atoms with E-state index in [-0.39, 0.29) is 37.3 Å². The van der Waals surface area contributed by atoms with Crippen molar-refractivity contribution < 1.29 is 25.8 Å². The van der Waals surface area contributed by atoms with Crippen LogP contribution in [0.2, 0.25) is 0 Å². The third-order valence-corrected chi connectivity index (χ3v) is 11.4. The van der Waals surface area contributed by atoms with Crippen molar-refractivity contribution in [2.24, 2.45) is 0 Å². The van der Waals surface area contributed by atoms with Crippen LogP contribution in [0.15, 0.2) is 140 Å². The van der Waals surface area contributed by atoms with Gasteiger partial charge in [-0.15, -0.1) is 48.1 Å². The summed E-state index contributed by atoms with van der Waals surface area (Å²) >= 11 is 0. The van der Waals surface area contributed by atoms with E-state index in [1.165, 1.54) is 22.3 Å². The van der Waals surface area contributed by atoms with E-state index in [9.17, 15) is 0 Å². The molecule has 306 valence electrons. The molecule has 2 aromatic heterocycles. The fourth-order valence-corrected chi connectivity index (χ4v) is 7.94. The quantitative estimate of drug-likeness (QED) is 0.156. The summed E-state index contributed by atoms with van der Waals surface area (Å²) in [6.07, 6.45) is 1.91. The van der Waals surface area contributed by atoms with Gasteiger partial charge in [-0.2, -0.15) is 12.1 Å². The maximum atomic E-state index is 6.66. The van der Waals surface area contributed by atoms with Gasteiger partial charge in [0.15, 0.2) is 0 Å². The maximum absolute atomic E-state index is 6.66. The van der Waals surface area contributed by atoms with E-state index in [0.29, 0.717) is 11.5 Å². The molecule has 60 heavy (non-hydrogen) atoms. The Kier molecular flexibility index (Phi) is 10.6. The molecular weight excluding hydrogens is 916 g/mol. The van der Waals surface area contributed by atoms with Crippen LogP contribution in [0.1, 0.15) is 79.0 Å². The number of hydrogen-bond acceptors (Lipinski definition) is 4. The Morgan fingerprint density at radius 1 is 0.533 bits per heavy atom. The number of benzene rings is 6. The van der Waals surface area contributed by atoms with Gasteiger partial charge in [-0.3, -0.25) is 0 Å². The smallest absolute Gasteiger partial charge is 0.135 e. The summed E-state index contributed by atoms with van der Waals surface area (Å²) in [5.41, 5.74) is 12.3. The minimum Gasteiger partial charge on any atom is -0.509 e. The molecule has 3 heterocycles. The van der Waals surface area contributed by atoms with Crippen LogP contribution >= 0.6 is 0 Å². The number of fused-ring (bicyclic) bond motifs is 4. The fraction of sp³-hybridized carbons (Fsp3) is 0.222. The predicted octanol–water partition coefficient (Wildman–Crippen LogP) is 14.5. The molecule has 5 nitrogen and oxygen atoms in total. The zero-order valence-corrected chi connectivity index (χ0v) is 38.1. The van der Waals surface area contributed by atoms with Gasteiger partial charge in [-0.1, -0.05) is 128 Å². The summed E-state index contributed by atoms with van der Waals surface area (Å²) < 4.78 is 8.88. The first-order valence-corrected chi connectivity index (χ1v) is 20.5. The van der Waals surface area contributed by atoms with Crippen LogP contribution in [0.5, 0.6) is 11.5 Å². The number of hydrogen-bond donors (Lipinski definition) is 0. The second-order valence-corrected chi connectivity index (χ2v) is 18.8. The molecule has 9 rings (SSSR count). The van der Waals surface area contributed by atoms with Crippen LogP contribution in [0.4, 0.5) is 22.7 Å². The normalized spacial score (nSPS) is 13.2. The van der Waals surface area contributed by atoms with E-state index in [0.717, 1.165) is 55.9 Å². The number of ether oxygens (including phenoxy) is 1. The van der Waals surface area contributed by atoms with Gasteiger partial charge in [-0.05, 0) is 91.9 Å². The first-order chi connectivity index (χ1) is 28.1. The van der Waals surface area contributed by atoms with Crippen molar-refractivity contribution in [3.63, 3.8) is 0 Å². The number of nitrogens with zero attached hydrogens (tertiary/aromatic N) is 4. The number of rotatable bonds is 6. The molecule has 0 bridgehead atoms. The van der Waals surface area contributed by atoms with E-state index in [2.05, 4.69) is 211 Å². The molecule has 8 aromatic rings. The Morgan fingerprint density at radius 2 is 1.23 bits per heavy atom. The van der Waals surface area contributed by atoms with Gasteiger partial charge in [0.1, 0.15) is 5.82 Å². The van der Waals surface area contributed by atoms with Gasteiger partial charge >= 0.3 is 0 Å². The molecule has 1 aliphatic heterocycles. The average Bonchev–Trinajstić information content (AvgIpc) is 3.76. The number of anilines is 4. The first kappa shape index (κ1) is 41.1. The molecule has 1 aliphatic rings. The van der Waals surface area contributed by atoms with Gasteiger partial charge in [0.2, 0.25) is 0 Å². The van der Waals surface area contributed by atoms with Crippen LogP contribution in [-0.4, -0.2) is 9.55 Å². The third kappa shape index (κ3) is 7.77. The zero-order chi connectivity index (χ0) is 41.3. The van der Waals surface area contributed by atoms with Gasteiger partial charge in [0, 0.05) is 61.3 Å². The zero-order valence-electron chi connectivity index (χ0n) is 35.9. The van der Waals surface area contributed by atoms with E-state index in [1.54, 1.807) is 0 Å². The molecule has 0 aliphatic carbocycles. The second-order valence-electron chi connectivity index (χ2n) is 18.8. The molecule has 0 N–H and O–H groups in total. The summed E-state index contributed by atoms with van der Waals surface area (Å²) in [6, 6.07) is 54.7. The van der Waals surface area contributed by atoms with E-state index < -0.39 is 0 Å². The summed E-state index contributed by atoms with van der Waals surface area (Å²) in [4.78, 5) is 9.42. The molecule has 0 spiro atoms. The monoisotopic (exact) mass is 966 g/mol. The Hall–Kier alpha value is -5.64. The third-order valence-electron chi connectivity index (χ3n) is 11.4. The predicted molar refractivity (Wildman–Crippen MR) is 246 cm³/mol. The Morgan fingerprint density at radius 3 is 1.98 bits per heavy atom. The minimum atomic E-state index is -0.0363. The Labute approximate surface area is 369 Å². The van der Waals surface area contributed by atoms with Gasteiger partial charge < -0.3 is 19.1 Å². The van der Waals surface area contributed by atoms with Crippen LogP contribution in [0, 0.1) is 18.8 Å². The van der Waals surface area contributed by atoms with Gasteiger partial charge in [0.25, 0.3) is 0 Å². The van der Waals surface area contributed by atoms with E-state index in [4.69, 9.17) is 9.72 Å². The molecule has 0 saturated heterocycles. The van der Waals surface area contributed by atoms with Gasteiger partial charge in [0.05, 0.1) is 0 Å². The van der Waals surface area contributed by atoms with Crippen molar-refractivity contribution >= 4 is 44.6 Å². The maximum Gasteiger partial charge on any atom is 0.135 e. The van der Waals surface area contributed by atoms with Crippen LogP contribution in [0.3, 0.4) is 0 Å². The summed E-state index contributed by atoms with van der Waals surface area (Å²) in [5, 5.41) is 2.22. The van der Waals surface area contributed by atoms with Crippen molar-refractivity contribution in [2.75, 3.05) is 9.80 Å². The number of pyridine rings is 1. The average molecular weight is 967 g/mol. The largest absolute Gasteiger partial charge is 0.509 e. The van der Waals surface area contributed by atoms with E-state index in [1.807, 2.05) is 24.4 Å². The first-order valence-electron chi connectivity index (χ1n) is 20.5. The molecule has 6 aromatic carbocycles. The van der Waals surface area contributed by atoms with Crippen molar-refractivity contribution in [3.8, 4) is 28.4 Å². The topological polar surface area (TPSA) is 33.5 Å². The van der Waals surface area contributed by atoms with Crippen LogP contribution < -0.4 is 14.5 Å². The molecule has 0 unspecified atom stereocenters. The van der Waals surface area contributed by atoms with Crippen molar-refractivity contribution in [3.05, 3.63) is 175 Å². The van der Waals surface area contributed by atoms with Crippen LogP contribution in [-0.2, 0) is 37.3 Å². The van der Waals surface area contributed by atoms with Crippen molar-refractivity contribution in [1.29, 1.82) is 0 Å². The second kappa shape index (κ2) is 15.4. The number of aromatic nitrogens is 2. The molecule has 0 radical (unpaired) electrons. The fourth-order valence-electron chi connectivity index (χ4n) is 7.94. The molecular formula is C54H51N4OPt-3. The van der Waals surface area contributed by atoms with Crippen molar-refractivity contribution in [1.82, 2.24) is 9.55 Å². The molecule has 6 heteroatoms. The molecule has 0 amide bonds. The molecule has 0 fully saturated rings. The standard InChI is InChI=1S/C54H51N4O.Pt/c1-52(2,3)38-17-13-18-41(30-38)57-35-56(48-26-22-39(31-50(48)57)53(4,5)6)42-19-14-20-43(33-42)59-44-23-24-45-46-29-37(36-15-11-10-12-16-36)21-25-47(46)58(49(45)34-44)51-32-40(27-28-55-51)54(7,8)9;/h10-32,35H,1-9H3;/q-3;. The van der Waals surface area contributed by atoms with Crippen molar-refractivity contribution in [2.45, 2.75) is 78.6 Å². The van der Waals surface area contributed by atoms with E-state index >= 15 is 0 Å². The summed E-state index contributed by atoms with van der Waals surface area (Å²) in [5.74, 6) is 2.06. The SMILES string of the molecule is CC(C)(C)c1cccc(N2[CH-]N(c3[c-]c(Oc4[c-]c5c(cc4)c4cc(-c6ccccc6)ccc4n5-c4cc(C(C)(C)C)ccn4)ccc3)c3ccc(C(C)(C)C)cc32)c1.[Pt]. The Bertz CT molecular complexity index is 2860. The van der Waals surface area contributed by atoms with Gasteiger partial charge in [-0.25, -0.2) is 4.98 Å². The summed E-state index contributed by atoms with van der Waals surface area (Å²) in [6.45, 7) is 22.4. The van der Waals surface area contributed by atoms with Crippen LogP contribution in [0.25, 0.3) is 38.8 Å².